The summed E-state index contributed by atoms with van der Waals surface area (Å²) < 4.78 is 41.6. The fraction of sp³-hybridized carbons (Fsp3) is 0.125. The molecule has 1 aromatic carbocycles. The highest BCUT2D eigenvalue weighted by Gasteiger charge is 2.26. The Kier molecular flexibility index (Phi) is 2.92. The van der Waals surface area contributed by atoms with Crippen molar-refractivity contribution in [3.63, 3.8) is 0 Å². The van der Waals surface area contributed by atoms with Crippen LogP contribution in [0.2, 0.25) is 0 Å². The molecule has 2 N–H and O–H groups in total. The third-order valence-electron chi connectivity index (χ3n) is 1.87. The maximum Gasteiger partial charge on any atom is 0.509 e. The number of hydrogen-bond donors (Lipinski definition) is 1. The Balaban J connectivity index is 3.25. The molecule has 0 saturated heterocycles. The smallest absolute Gasteiger partial charge is 0.496 e. The fourth-order valence-corrected chi connectivity index (χ4v) is 1.11. The number of carbonyl (C=O) groups is 1. The summed E-state index contributed by atoms with van der Waals surface area (Å²) in [6.45, 7) is -5.10. The van der Waals surface area contributed by atoms with Gasteiger partial charge in [-0.2, -0.15) is 0 Å². The second kappa shape index (κ2) is 3.84. The fourth-order valence-electron chi connectivity index (χ4n) is 1.11. The number of benzene rings is 1. The lowest BCUT2D eigenvalue weighted by Gasteiger charge is -2.16. The van der Waals surface area contributed by atoms with E-state index in [9.17, 15) is 17.7 Å². The van der Waals surface area contributed by atoms with Gasteiger partial charge in [-0.3, -0.25) is 4.79 Å². The number of nitrogens with two attached hydrogens (primary N) is 1. The third kappa shape index (κ3) is 2.42. The first-order valence-corrected chi connectivity index (χ1v) is 4.04. The van der Waals surface area contributed by atoms with Gasteiger partial charge in [0, 0.05) is 0 Å². The van der Waals surface area contributed by atoms with Gasteiger partial charge in [0.25, 0.3) is 5.91 Å². The lowest BCUT2D eigenvalue weighted by molar-refractivity contribution is 0.0997. The maximum atomic E-state index is 12.3. The quantitative estimate of drug-likeness (QED) is 0.764. The molecule has 82 valence electrons. The number of carbonyl (C=O) groups excluding carboxylic acids is 1. The summed E-state index contributed by atoms with van der Waals surface area (Å²) >= 11 is 0. The van der Waals surface area contributed by atoms with Crippen LogP contribution < -0.4 is 15.9 Å². The van der Waals surface area contributed by atoms with Gasteiger partial charge in [0.15, 0.2) is 0 Å². The Labute approximate surface area is 84.1 Å². The van der Waals surface area contributed by atoms with E-state index in [2.05, 4.69) is 4.74 Å². The molecule has 0 aliphatic carbocycles. The second-order valence-electron chi connectivity index (χ2n) is 2.90. The predicted octanol–water partition coefficient (Wildman–Crippen LogP) is 0.849. The molecular formula is C8H8BF3NO2-. The number of hydrogen-bond acceptors (Lipinski definition) is 2. The van der Waals surface area contributed by atoms with Crippen molar-refractivity contribution in [2.24, 2.45) is 5.73 Å². The van der Waals surface area contributed by atoms with Crippen LogP contribution in [0.4, 0.5) is 12.9 Å². The minimum atomic E-state index is -5.10. The summed E-state index contributed by atoms with van der Waals surface area (Å²) in [5.41, 5.74) is 4.06. The van der Waals surface area contributed by atoms with Gasteiger partial charge in [0.1, 0.15) is 5.75 Å². The molecule has 1 amide bonds. The zero-order valence-electron chi connectivity index (χ0n) is 7.84. The standard InChI is InChI=1S/C8H8BF3NO2/c1-15-7-4-5(9(10,11)12)2-3-6(7)8(13)14/h2-4H,1H3,(H2,13,14)/q-1. The lowest BCUT2D eigenvalue weighted by atomic mass is 9.79. The zero-order valence-corrected chi connectivity index (χ0v) is 7.84. The molecule has 0 aliphatic heterocycles. The van der Waals surface area contributed by atoms with Crippen LogP contribution in [0.5, 0.6) is 5.75 Å². The molecule has 0 aromatic heterocycles. The summed E-state index contributed by atoms with van der Waals surface area (Å²) in [4.78, 5) is 10.8. The van der Waals surface area contributed by atoms with E-state index < -0.39 is 18.3 Å². The van der Waals surface area contributed by atoms with Gasteiger partial charge in [-0.1, -0.05) is 6.07 Å². The first-order chi connectivity index (χ1) is 6.86. The van der Waals surface area contributed by atoms with Crippen LogP contribution in [0.1, 0.15) is 10.4 Å². The maximum absolute atomic E-state index is 12.3. The van der Waals surface area contributed by atoms with Crippen molar-refractivity contribution in [2.75, 3.05) is 7.11 Å². The lowest BCUT2D eigenvalue weighted by Crippen LogP contribution is -2.34. The van der Waals surface area contributed by atoms with Gasteiger partial charge in [0.05, 0.1) is 12.7 Å². The van der Waals surface area contributed by atoms with Crippen LogP contribution in [-0.2, 0) is 0 Å². The summed E-state index contributed by atoms with van der Waals surface area (Å²) in [5.74, 6) is -0.993. The molecule has 0 bridgehead atoms. The molecule has 0 saturated carbocycles. The SMILES string of the molecule is COc1cc([B-](F)(F)F)ccc1C(N)=O. The molecule has 0 radical (unpaired) electrons. The molecular weight excluding hydrogens is 210 g/mol. The normalized spacial score (nSPS) is 11.2. The molecule has 3 nitrogen and oxygen atoms in total. The minimum absolute atomic E-state index is 0.0682. The van der Waals surface area contributed by atoms with Gasteiger partial charge in [-0.15, -0.1) is 5.46 Å². The zero-order chi connectivity index (χ0) is 11.6. The van der Waals surface area contributed by atoms with Crippen LogP contribution in [0.25, 0.3) is 0 Å². The van der Waals surface area contributed by atoms with Crippen molar-refractivity contribution in [3.05, 3.63) is 23.8 Å². The molecule has 0 unspecified atom stereocenters. The van der Waals surface area contributed by atoms with Crippen molar-refractivity contribution in [1.29, 1.82) is 0 Å². The first kappa shape index (κ1) is 11.4. The third-order valence-corrected chi connectivity index (χ3v) is 1.87. The second-order valence-corrected chi connectivity index (χ2v) is 2.90. The number of rotatable bonds is 3. The van der Waals surface area contributed by atoms with Crippen molar-refractivity contribution < 1.29 is 22.5 Å². The number of primary amides is 1. The Hall–Kier alpha value is -1.66. The Morgan fingerprint density at radius 2 is 2.00 bits per heavy atom. The summed E-state index contributed by atoms with van der Waals surface area (Å²) in [5, 5.41) is 0. The van der Waals surface area contributed by atoms with Gasteiger partial charge in [-0.05, 0) is 12.1 Å². The molecule has 0 fully saturated rings. The van der Waals surface area contributed by atoms with Crippen LogP contribution in [0.3, 0.4) is 0 Å². The van der Waals surface area contributed by atoms with E-state index in [1.54, 1.807) is 0 Å². The molecule has 0 heterocycles. The Bertz CT molecular complexity index is 392. The molecule has 0 spiro atoms. The van der Waals surface area contributed by atoms with E-state index in [-0.39, 0.29) is 11.3 Å². The van der Waals surface area contributed by atoms with Gasteiger partial charge in [-0.25, -0.2) is 0 Å². The highest BCUT2D eigenvalue weighted by atomic mass is 19.4. The molecule has 15 heavy (non-hydrogen) atoms. The largest absolute Gasteiger partial charge is 0.509 e. The van der Waals surface area contributed by atoms with Crippen molar-refractivity contribution in [3.8, 4) is 5.75 Å². The minimum Gasteiger partial charge on any atom is -0.496 e. The van der Waals surface area contributed by atoms with E-state index in [4.69, 9.17) is 5.73 Å². The number of methoxy groups -OCH3 is 1. The van der Waals surface area contributed by atoms with Crippen molar-refractivity contribution in [1.82, 2.24) is 0 Å². The average Bonchev–Trinajstić information content (AvgIpc) is 2.15. The Morgan fingerprint density at radius 1 is 1.40 bits per heavy atom. The van der Waals surface area contributed by atoms with E-state index >= 15 is 0 Å². The summed E-state index contributed by atoms with van der Waals surface area (Å²) in [6, 6.07) is 2.58. The van der Waals surface area contributed by atoms with Gasteiger partial charge >= 0.3 is 6.98 Å². The summed E-state index contributed by atoms with van der Waals surface area (Å²) in [6.07, 6.45) is 0. The monoisotopic (exact) mass is 218 g/mol. The number of halogens is 3. The molecule has 0 aliphatic rings. The average molecular weight is 218 g/mol. The van der Waals surface area contributed by atoms with Crippen LogP contribution in [-0.4, -0.2) is 20.0 Å². The van der Waals surface area contributed by atoms with Gasteiger partial charge in [0.2, 0.25) is 0 Å². The Morgan fingerprint density at radius 3 is 2.40 bits per heavy atom. The van der Waals surface area contributed by atoms with Crippen LogP contribution >= 0.6 is 0 Å². The topological polar surface area (TPSA) is 52.3 Å². The first-order valence-electron chi connectivity index (χ1n) is 4.04. The molecule has 1 rings (SSSR count). The molecule has 1 aromatic rings. The highest BCUT2D eigenvalue weighted by Crippen LogP contribution is 2.19. The van der Waals surface area contributed by atoms with Crippen molar-refractivity contribution in [2.45, 2.75) is 0 Å². The van der Waals surface area contributed by atoms with E-state index in [0.29, 0.717) is 0 Å². The van der Waals surface area contributed by atoms with Gasteiger partial charge < -0.3 is 23.4 Å². The van der Waals surface area contributed by atoms with Crippen LogP contribution in [0.15, 0.2) is 18.2 Å². The highest BCUT2D eigenvalue weighted by molar-refractivity contribution is 6.73. The van der Waals surface area contributed by atoms with E-state index in [1.165, 1.54) is 7.11 Å². The van der Waals surface area contributed by atoms with E-state index in [1.807, 2.05) is 0 Å². The summed E-state index contributed by atoms with van der Waals surface area (Å²) in [7, 11) is 1.18. The van der Waals surface area contributed by atoms with Crippen molar-refractivity contribution >= 4 is 18.3 Å². The molecule has 0 atom stereocenters. The van der Waals surface area contributed by atoms with E-state index in [0.717, 1.165) is 18.2 Å². The number of ether oxygens (including phenoxy) is 1. The van der Waals surface area contributed by atoms with Crippen LogP contribution in [0, 0.1) is 0 Å². The predicted molar refractivity (Wildman–Crippen MR) is 50.2 cm³/mol. The number of amides is 1. The molecule has 7 heteroatoms.